The summed E-state index contributed by atoms with van der Waals surface area (Å²) in [5, 5.41) is 32.7. The molecule has 1 aliphatic rings. The van der Waals surface area contributed by atoms with E-state index in [0.717, 1.165) is 12.2 Å². The Hall–Kier alpha value is -2.50. The molecule has 3 heterocycles. The fourth-order valence-electron chi connectivity index (χ4n) is 2.83. The molecule has 11 nitrogen and oxygen atoms in total. The molecule has 2 aromatic heterocycles. The van der Waals surface area contributed by atoms with Crippen LogP contribution in [0.4, 0.5) is 17.6 Å². The average Bonchev–Trinajstić information content (AvgIpc) is 3.01. The molecule has 6 N–H and O–H groups in total. The van der Waals surface area contributed by atoms with Gasteiger partial charge in [-0.15, -0.1) is 0 Å². The van der Waals surface area contributed by atoms with Gasteiger partial charge in [-0.1, -0.05) is 0 Å². The lowest BCUT2D eigenvalue weighted by Crippen LogP contribution is -2.34. The molecule has 0 spiro atoms. The minimum atomic E-state index is -0.528. The number of anilines is 3. The van der Waals surface area contributed by atoms with Crippen LogP contribution in [0.1, 0.15) is 5.69 Å². The van der Waals surface area contributed by atoms with Gasteiger partial charge in [0.1, 0.15) is 11.6 Å². The van der Waals surface area contributed by atoms with Crippen molar-refractivity contribution in [3.8, 4) is 0 Å². The second kappa shape index (κ2) is 8.05. The zero-order valence-corrected chi connectivity index (χ0v) is 13.8. The fraction of sp³-hybridized carbons (Fsp3) is 0.571. The number of nitrogens with two attached hydrogens (primary N) is 1. The van der Waals surface area contributed by atoms with Crippen molar-refractivity contribution in [3.05, 3.63) is 18.0 Å². The molecule has 0 bridgehead atoms. The van der Waals surface area contributed by atoms with E-state index in [2.05, 4.69) is 35.6 Å². The standard InChI is InChI=1S/C14H23N9O2/c15-14-18-12(16-1-4-24)5-13(19-14)23-3-2-22(8-11(25)9-23)7-10-6-17-21-20-10/h5-6,11,24-25H,1-4,7-9H2,(H,17,20,21)(H3,15,16,18,19). The smallest absolute Gasteiger partial charge is 0.223 e. The van der Waals surface area contributed by atoms with Crippen LogP contribution >= 0.6 is 0 Å². The fourth-order valence-corrected chi connectivity index (χ4v) is 2.83. The maximum absolute atomic E-state index is 10.3. The van der Waals surface area contributed by atoms with E-state index in [4.69, 9.17) is 10.8 Å². The van der Waals surface area contributed by atoms with Gasteiger partial charge in [-0.25, -0.2) is 0 Å². The summed E-state index contributed by atoms with van der Waals surface area (Å²) < 4.78 is 0. The first-order valence-corrected chi connectivity index (χ1v) is 8.13. The molecule has 2 aromatic rings. The summed E-state index contributed by atoms with van der Waals surface area (Å²) >= 11 is 0. The summed E-state index contributed by atoms with van der Waals surface area (Å²) in [6.45, 7) is 3.42. The third-order valence-corrected chi connectivity index (χ3v) is 3.91. The molecule has 1 aliphatic heterocycles. The van der Waals surface area contributed by atoms with Crippen molar-refractivity contribution in [2.45, 2.75) is 12.6 Å². The first-order chi connectivity index (χ1) is 12.1. The highest BCUT2D eigenvalue weighted by Gasteiger charge is 2.23. The summed E-state index contributed by atoms with van der Waals surface area (Å²) in [7, 11) is 0. The molecule has 0 aromatic carbocycles. The van der Waals surface area contributed by atoms with Crippen molar-refractivity contribution < 1.29 is 10.2 Å². The summed E-state index contributed by atoms with van der Waals surface area (Å²) in [6.07, 6.45) is 1.15. The molecular weight excluding hydrogens is 326 g/mol. The van der Waals surface area contributed by atoms with Gasteiger partial charge in [-0.05, 0) is 0 Å². The largest absolute Gasteiger partial charge is 0.395 e. The molecule has 11 heteroatoms. The van der Waals surface area contributed by atoms with Crippen molar-refractivity contribution in [1.82, 2.24) is 30.3 Å². The normalized spacial score (nSPS) is 19.0. The molecule has 1 atom stereocenters. The molecule has 1 unspecified atom stereocenters. The van der Waals surface area contributed by atoms with Crippen LogP contribution in [0.3, 0.4) is 0 Å². The van der Waals surface area contributed by atoms with Gasteiger partial charge >= 0.3 is 0 Å². The molecule has 1 saturated heterocycles. The van der Waals surface area contributed by atoms with E-state index in [0.29, 0.717) is 44.4 Å². The van der Waals surface area contributed by atoms with E-state index in [1.165, 1.54) is 0 Å². The van der Waals surface area contributed by atoms with Gasteiger partial charge in [0.2, 0.25) is 5.95 Å². The van der Waals surface area contributed by atoms with Crippen LogP contribution in [0.2, 0.25) is 0 Å². The number of aliphatic hydroxyl groups is 2. The minimum Gasteiger partial charge on any atom is -0.395 e. The number of β-amino-alcohol motifs (C(OH)–C–C–N with tert-alkyl or cyclic N) is 1. The predicted molar refractivity (Wildman–Crippen MR) is 91.9 cm³/mol. The summed E-state index contributed by atoms with van der Waals surface area (Å²) in [6, 6.07) is 1.77. The highest BCUT2D eigenvalue weighted by atomic mass is 16.3. The number of nitrogens with one attached hydrogen (secondary N) is 2. The van der Waals surface area contributed by atoms with E-state index < -0.39 is 6.10 Å². The number of nitrogens with zero attached hydrogens (tertiary/aromatic N) is 6. The lowest BCUT2D eigenvalue weighted by molar-refractivity contribution is 0.128. The van der Waals surface area contributed by atoms with E-state index >= 15 is 0 Å². The summed E-state index contributed by atoms with van der Waals surface area (Å²) in [5.41, 5.74) is 6.62. The van der Waals surface area contributed by atoms with E-state index in [-0.39, 0.29) is 12.6 Å². The lowest BCUT2D eigenvalue weighted by atomic mass is 10.3. The Morgan fingerprint density at radius 1 is 1.32 bits per heavy atom. The summed E-state index contributed by atoms with van der Waals surface area (Å²) in [4.78, 5) is 12.5. The SMILES string of the molecule is Nc1nc(NCCO)cc(N2CCN(Cc3cn[nH]n3)CC(O)C2)n1. The molecule has 0 saturated carbocycles. The first kappa shape index (κ1) is 17.3. The number of aromatic amines is 1. The maximum atomic E-state index is 10.3. The summed E-state index contributed by atoms with van der Waals surface area (Å²) in [5.74, 6) is 1.35. The number of nitrogen functional groups attached to an aromatic ring is 1. The van der Waals surface area contributed by atoms with Crippen molar-refractivity contribution in [1.29, 1.82) is 0 Å². The van der Waals surface area contributed by atoms with Gasteiger partial charge in [0.15, 0.2) is 0 Å². The highest BCUT2D eigenvalue weighted by molar-refractivity contribution is 5.52. The molecule has 0 radical (unpaired) electrons. The Balaban J connectivity index is 1.69. The lowest BCUT2D eigenvalue weighted by Gasteiger charge is -2.23. The van der Waals surface area contributed by atoms with Crippen LogP contribution in [-0.4, -0.2) is 85.9 Å². The average molecular weight is 349 g/mol. The zero-order valence-electron chi connectivity index (χ0n) is 13.8. The van der Waals surface area contributed by atoms with Crippen molar-refractivity contribution in [2.24, 2.45) is 0 Å². The number of hydrogen-bond donors (Lipinski definition) is 5. The molecule has 1 fully saturated rings. The molecule has 3 rings (SSSR count). The van der Waals surface area contributed by atoms with Gasteiger partial charge in [0, 0.05) is 45.3 Å². The molecular formula is C14H23N9O2. The Bertz CT molecular complexity index is 666. The van der Waals surface area contributed by atoms with Crippen LogP contribution in [-0.2, 0) is 6.54 Å². The third kappa shape index (κ3) is 4.75. The number of rotatable bonds is 6. The van der Waals surface area contributed by atoms with Crippen LogP contribution in [0.25, 0.3) is 0 Å². The Kier molecular flexibility index (Phi) is 5.58. The van der Waals surface area contributed by atoms with Gasteiger partial charge in [-0.2, -0.15) is 25.4 Å². The predicted octanol–water partition coefficient (Wildman–Crippen LogP) is -1.74. The zero-order chi connectivity index (χ0) is 17.6. The number of aromatic nitrogens is 5. The van der Waals surface area contributed by atoms with Gasteiger partial charge in [0.05, 0.1) is 24.6 Å². The van der Waals surface area contributed by atoms with Crippen LogP contribution < -0.4 is 16.0 Å². The first-order valence-electron chi connectivity index (χ1n) is 8.13. The second-order valence-corrected chi connectivity index (χ2v) is 5.92. The maximum Gasteiger partial charge on any atom is 0.223 e. The molecule has 25 heavy (non-hydrogen) atoms. The van der Waals surface area contributed by atoms with Crippen LogP contribution in [0.5, 0.6) is 0 Å². The van der Waals surface area contributed by atoms with Crippen molar-refractivity contribution in [2.75, 3.05) is 55.3 Å². The molecule has 0 amide bonds. The highest BCUT2D eigenvalue weighted by Crippen LogP contribution is 2.19. The Morgan fingerprint density at radius 2 is 2.20 bits per heavy atom. The van der Waals surface area contributed by atoms with Crippen molar-refractivity contribution >= 4 is 17.6 Å². The molecule has 0 aliphatic carbocycles. The van der Waals surface area contributed by atoms with Crippen LogP contribution in [0.15, 0.2) is 12.3 Å². The van der Waals surface area contributed by atoms with Gasteiger partial charge in [0.25, 0.3) is 0 Å². The van der Waals surface area contributed by atoms with Gasteiger partial charge in [-0.3, -0.25) is 4.90 Å². The van der Waals surface area contributed by atoms with Crippen molar-refractivity contribution in [3.63, 3.8) is 0 Å². The second-order valence-electron chi connectivity index (χ2n) is 5.92. The number of H-pyrrole nitrogens is 1. The van der Waals surface area contributed by atoms with E-state index in [1.807, 2.05) is 4.90 Å². The monoisotopic (exact) mass is 349 g/mol. The number of aliphatic hydroxyl groups excluding tert-OH is 2. The third-order valence-electron chi connectivity index (χ3n) is 3.91. The minimum absolute atomic E-state index is 0.00131. The topological polar surface area (TPSA) is 152 Å². The number of hydrogen-bond acceptors (Lipinski definition) is 10. The Morgan fingerprint density at radius 3 is 2.96 bits per heavy atom. The quantitative estimate of drug-likeness (QED) is 0.406. The van der Waals surface area contributed by atoms with E-state index in [1.54, 1.807) is 12.3 Å². The van der Waals surface area contributed by atoms with E-state index in [9.17, 15) is 5.11 Å². The Labute approximate surface area is 144 Å². The molecule has 136 valence electrons. The van der Waals surface area contributed by atoms with Crippen LogP contribution in [0, 0.1) is 0 Å². The van der Waals surface area contributed by atoms with Gasteiger partial charge < -0.3 is 26.2 Å².